The average Bonchev–Trinajstić information content (AvgIpc) is 2.58. The normalized spacial score (nSPS) is 19.4. The van der Waals surface area contributed by atoms with Gasteiger partial charge in [0.25, 0.3) is 0 Å². The average molecular weight is 353 g/mol. The van der Waals surface area contributed by atoms with E-state index in [1.165, 1.54) is 16.1 Å². The van der Waals surface area contributed by atoms with Crippen molar-refractivity contribution >= 4 is 50.8 Å². The highest BCUT2D eigenvalue weighted by Gasteiger charge is 2.37. The van der Waals surface area contributed by atoms with Crippen molar-refractivity contribution in [3.63, 3.8) is 0 Å². The maximum absolute atomic E-state index is 6.49. The first-order chi connectivity index (χ1) is 11.5. The van der Waals surface area contributed by atoms with E-state index in [0.29, 0.717) is 0 Å². The maximum atomic E-state index is 6.49. The Labute approximate surface area is 148 Å². The molecule has 1 aliphatic heterocycles. The van der Waals surface area contributed by atoms with Gasteiger partial charge in [0.15, 0.2) is 0 Å². The van der Waals surface area contributed by atoms with Crippen molar-refractivity contribution in [2.45, 2.75) is 20.0 Å². The molecule has 24 heavy (non-hydrogen) atoms. The Balaban J connectivity index is 2.13. The minimum Gasteiger partial charge on any atom is -0.343 e. The number of rotatable bonds is 2. The Kier molecular flexibility index (Phi) is 3.76. The van der Waals surface area contributed by atoms with E-state index in [1.54, 1.807) is 0 Å². The molecule has 0 radical (unpaired) electrons. The Bertz CT molecular complexity index is 982. The second-order valence-electron chi connectivity index (χ2n) is 6.41. The van der Waals surface area contributed by atoms with Gasteiger partial charge in [0.1, 0.15) is 6.26 Å². The first kappa shape index (κ1) is 15.8. The Morgan fingerprint density at radius 1 is 0.917 bits per heavy atom. The zero-order valence-electron chi connectivity index (χ0n) is 14.1. The molecular weight excluding hydrogens is 333 g/mol. The molecule has 0 fully saturated rings. The molecule has 0 saturated carbocycles. The van der Waals surface area contributed by atoms with Gasteiger partial charge in [0.2, 0.25) is 0 Å². The summed E-state index contributed by atoms with van der Waals surface area (Å²) in [5.74, 6) is 0. The Morgan fingerprint density at radius 3 is 2.42 bits per heavy atom. The van der Waals surface area contributed by atoms with Crippen molar-refractivity contribution in [2.24, 2.45) is 0 Å². The Hall–Kier alpha value is -1.67. The standard InChI is InChI=1S/C20H20NOPS/c1-14(2)22-23(24)19-11-7-6-10-17(19)21(3)18-13-12-15-8-4-5-9-16(15)20(18)23/h4-14H,1-3H3. The number of hydrogen-bond acceptors (Lipinski definition) is 3. The molecule has 0 bridgehead atoms. The minimum atomic E-state index is -2.34. The zero-order valence-corrected chi connectivity index (χ0v) is 15.8. The van der Waals surface area contributed by atoms with Crippen LogP contribution in [0.5, 0.6) is 0 Å². The lowest BCUT2D eigenvalue weighted by molar-refractivity contribution is 0.276. The van der Waals surface area contributed by atoms with Crippen molar-refractivity contribution in [1.29, 1.82) is 0 Å². The fourth-order valence-corrected chi connectivity index (χ4v) is 7.94. The van der Waals surface area contributed by atoms with Crippen molar-refractivity contribution in [2.75, 3.05) is 11.9 Å². The highest BCUT2D eigenvalue weighted by atomic mass is 32.4. The van der Waals surface area contributed by atoms with Crippen LogP contribution in [0.15, 0.2) is 60.7 Å². The summed E-state index contributed by atoms with van der Waals surface area (Å²) >= 11 is 6.28. The van der Waals surface area contributed by atoms with E-state index in [9.17, 15) is 0 Å². The predicted molar refractivity (Wildman–Crippen MR) is 108 cm³/mol. The zero-order chi connectivity index (χ0) is 16.9. The van der Waals surface area contributed by atoms with Crippen molar-refractivity contribution < 1.29 is 4.52 Å². The monoisotopic (exact) mass is 353 g/mol. The molecule has 0 aliphatic carbocycles. The van der Waals surface area contributed by atoms with E-state index in [2.05, 4.69) is 86.5 Å². The lowest BCUT2D eigenvalue weighted by Crippen LogP contribution is -2.34. The smallest absolute Gasteiger partial charge is 0.128 e. The van der Waals surface area contributed by atoms with Crippen molar-refractivity contribution in [1.82, 2.24) is 0 Å². The van der Waals surface area contributed by atoms with Gasteiger partial charge >= 0.3 is 0 Å². The molecule has 1 atom stereocenters. The summed E-state index contributed by atoms with van der Waals surface area (Å²) < 4.78 is 6.49. The van der Waals surface area contributed by atoms with Crippen LogP contribution in [0, 0.1) is 0 Å². The van der Waals surface area contributed by atoms with E-state index >= 15 is 0 Å². The first-order valence-electron chi connectivity index (χ1n) is 8.16. The van der Waals surface area contributed by atoms with E-state index in [4.69, 9.17) is 16.3 Å². The van der Waals surface area contributed by atoms with Crippen molar-refractivity contribution in [3.05, 3.63) is 60.7 Å². The molecule has 122 valence electrons. The third-order valence-corrected chi connectivity index (χ3v) is 8.64. The molecule has 4 heteroatoms. The van der Waals surface area contributed by atoms with Gasteiger partial charge in [0, 0.05) is 17.7 Å². The summed E-state index contributed by atoms with van der Waals surface area (Å²) in [6.45, 7) is 4.14. The van der Waals surface area contributed by atoms with Crippen molar-refractivity contribution in [3.8, 4) is 0 Å². The van der Waals surface area contributed by atoms with Gasteiger partial charge in [-0.15, -0.1) is 0 Å². The van der Waals surface area contributed by atoms with Crippen LogP contribution >= 0.6 is 6.26 Å². The fourth-order valence-electron chi connectivity index (χ4n) is 3.48. The van der Waals surface area contributed by atoms with Crippen LogP contribution in [0.4, 0.5) is 11.4 Å². The van der Waals surface area contributed by atoms with Gasteiger partial charge in [-0.2, -0.15) is 0 Å². The molecule has 0 saturated heterocycles. The third-order valence-electron chi connectivity index (χ3n) is 4.45. The fraction of sp³-hybridized carbons (Fsp3) is 0.200. The quantitative estimate of drug-likeness (QED) is 0.620. The van der Waals surface area contributed by atoms with Gasteiger partial charge in [-0.1, -0.05) is 54.3 Å². The van der Waals surface area contributed by atoms with E-state index < -0.39 is 6.26 Å². The van der Waals surface area contributed by atoms with Crippen LogP contribution in [-0.4, -0.2) is 13.2 Å². The molecule has 1 unspecified atom stereocenters. The minimum absolute atomic E-state index is 0.0825. The maximum Gasteiger partial charge on any atom is 0.128 e. The predicted octanol–water partition coefficient (Wildman–Crippen LogP) is 4.69. The van der Waals surface area contributed by atoms with Crippen LogP contribution < -0.4 is 15.5 Å². The molecular formula is C20H20NOPS. The van der Waals surface area contributed by atoms with Crippen LogP contribution in [0.3, 0.4) is 0 Å². The van der Waals surface area contributed by atoms with Gasteiger partial charge in [-0.25, -0.2) is 0 Å². The molecule has 2 nitrogen and oxygen atoms in total. The van der Waals surface area contributed by atoms with E-state index in [0.717, 1.165) is 16.7 Å². The van der Waals surface area contributed by atoms with E-state index in [1.807, 2.05) is 0 Å². The second-order valence-corrected chi connectivity index (χ2v) is 10.2. The van der Waals surface area contributed by atoms with Gasteiger partial charge in [0.05, 0.1) is 17.5 Å². The second kappa shape index (κ2) is 5.70. The summed E-state index contributed by atoms with van der Waals surface area (Å²) in [4.78, 5) is 2.24. The SMILES string of the molecule is CC(C)OP1(=S)c2ccccc2N(C)c2ccc3ccccc3c21. The molecule has 4 rings (SSSR count). The number of benzene rings is 3. The Morgan fingerprint density at radius 2 is 1.62 bits per heavy atom. The number of hydrogen-bond donors (Lipinski definition) is 0. The molecule has 3 aromatic carbocycles. The third kappa shape index (κ3) is 2.23. The number of fused-ring (bicyclic) bond motifs is 4. The number of anilines is 2. The molecule has 0 amide bonds. The van der Waals surface area contributed by atoms with E-state index in [-0.39, 0.29) is 6.10 Å². The molecule has 1 heterocycles. The van der Waals surface area contributed by atoms with Crippen LogP contribution in [-0.2, 0) is 16.3 Å². The lowest BCUT2D eigenvalue weighted by atomic mass is 10.1. The first-order valence-corrected chi connectivity index (χ1v) is 10.9. The molecule has 1 aliphatic rings. The van der Waals surface area contributed by atoms with Crippen LogP contribution in [0.1, 0.15) is 13.8 Å². The van der Waals surface area contributed by atoms with Crippen LogP contribution in [0.2, 0.25) is 0 Å². The van der Waals surface area contributed by atoms with Gasteiger partial charge in [-0.3, -0.25) is 0 Å². The highest BCUT2D eigenvalue weighted by molar-refractivity contribution is 8.20. The molecule has 0 spiro atoms. The number of para-hydroxylation sites is 1. The summed E-state index contributed by atoms with van der Waals surface area (Å²) in [6, 6.07) is 21.2. The lowest BCUT2D eigenvalue weighted by Gasteiger charge is -2.38. The summed E-state index contributed by atoms with van der Waals surface area (Å²) in [5.41, 5.74) is 2.32. The summed E-state index contributed by atoms with van der Waals surface area (Å²) in [5, 5.41) is 4.76. The van der Waals surface area contributed by atoms with Crippen LogP contribution in [0.25, 0.3) is 10.8 Å². The molecule has 0 N–H and O–H groups in total. The largest absolute Gasteiger partial charge is 0.343 e. The van der Waals surface area contributed by atoms with Gasteiger partial charge in [-0.05, 0) is 42.8 Å². The van der Waals surface area contributed by atoms with Gasteiger partial charge < -0.3 is 9.42 Å². The summed E-state index contributed by atoms with van der Waals surface area (Å²) in [7, 11) is 2.11. The highest BCUT2D eigenvalue weighted by Crippen LogP contribution is 2.55. The number of nitrogens with zero attached hydrogens (tertiary/aromatic N) is 1. The topological polar surface area (TPSA) is 12.5 Å². The molecule has 0 aromatic heterocycles. The molecule has 3 aromatic rings. The summed E-state index contributed by atoms with van der Waals surface area (Å²) in [6.07, 6.45) is -2.26.